The first-order valence-electron chi connectivity index (χ1n) is 8.98. The Balaban J connectivity index is 2.46. The van der Waals surface area contributed by atoms with Crippen LogP contribution in [-0.2, 0) is 25.6 Å². The highest BCUT2D eigenvalue weighted by Crippen LogP contribution is 2.05. The predicted molar refractivity (Wildman–Crippen MR) is 99.9 cm³/mol. The molecule has 4 unspecified atom stereocenters. The Morgan fingerprint density at radius 2 is 1.89 bits per heavy atom. The van der Waals surface area contributed by atoms with Gasteiger partial charge in [-0.3, -0.25) is 14.4 Å². The van der Waals surface area contributed by atoms with E-state index in [-0.39, 0.29) is 12.3 Å². The standard InChI is InChI=1S/C17H28N6O5/c1-4-9(2)14(18)16(26)22-10(3)15(25)20-7-13(24)23-12(17(27)28)5-11-6-19-8-21-11/h6,8-10,12,14H,4-5,7,18H2,1-3H3,(H,19,21)(H,20,25)(H,22,26)(H,23,24)(H,27,28). The van der Waals surface area contributed by atoms with Crippen molar-refractivity contribution < 1.29 is 24.3 Å². The first kappa shape index (κ1) is 23.1. The van der Waals surface area contributed by atoms with E-state index in [0.29, 0.717) is 5.69 Å². The Bertz CT molecular complexity index is 678. The van der Waals surface area contributed by atoms with Gasteiger partial charge in [-0.1, -0.05) is 20.3 Å². The van der Waals surface area contributed by atoms with Crippen molar-refractivity contribution in [2.45, 2.75) is 51.7 Å². The van der Waals surface area contributed by atoms with E-state index >= 15 is 0 Å². The second-order valence-electron chi connectivity index (χ2n) is 6.60. The Kier molecular flexibility index (Phi) is 9.09. The number of H-pyrrole nitrogens is 1. The van der Waals surface area contributed by atoms with Gasteiger partial charge in [-0.15, -0.1) is 0 Å². The number of hydrogen-bond acceptors (Lipinski definition) is 6. The fourth-order valence-corrected chi connectivity index (χ4v) is 2.27. The molecule has 0 aliphatic rings. The van der Waals surface area contributed by atoms with E-state index in [0.717, 1.165) is 6.42 Å². The van der Waals surface area contributed by atoms with E-state index in [2.05, 4.69) is 25.9 Å². The largest absolute Gasteiger partial charge is 0.480 e. The third-order valence-electron chi connectivity index (χ3n) is 4.35. The summed E-state index contributed by atoms with van der Waals surface area (Å²) in [6, 6.07) is -2.80. The zero-order chi connectivity index (χ0) is 21.3. The quantitative estimate of drug-likeness (QED) is 0.264. The van der Waals surface area contributed by atoms with Gasteiger partial charge in [-0.25, -0.2) is 9.78 Å². The number of imidazole rings is 1. The lowest BCUT2D eigenvalue weighted by Crippen LogP contribution is -2.53. The normalized spacial score (nSPS) is 15.0. The number of amides is 3. The highest BCUT2D eigenvalue weighted by molar-refractivity contribution is 5.92. The van der Waals surface area contributed by atoms with Crippen molar-refractivity contribution in [2.75, 3.05) is 6.54 Å². The molecule has 0 aromatic carbocycles. The molecule has 1 rings (SSSR count). The number of rotatable bonds is 11. The SMILES string of the molecule is CCC(C)C(N)C(=O)NC(C)C(=O)NCC(=O)NC(Cc1cnc[nH]1)C(=O)O. The second kappa shape index (κ2) is 11.0. The number of carbonyl (C=O) groups excluding carboxylic acids is 3. The lowest BCUT2D eigenvalue weighted by atomic mass is 9.99. The molecule has 1 aromatic rings. The van der Waals surface area contributed by atoms with E-state index in [9.17, 15) is 24.3 Å². The molecule has 7 N–H and O–H groups in total. The van der Waals surface area contributed by atoms with Crippen LogP contribution in [0.15, 0.2) is 12.5 Å². The van der Waals surface area contributed by atoms with Crippen LogP contribution < -0.4 is 21.7 Å². The van der Waals surface area contributed by atoms with Gasteiger partial charge >= 0.3 is 5.97 Å². The van der Waals surface area contributed by atoms with Crippen molar-refractivity contribution >= 4 is 23.7 Å². The van der Waals surface area contributed by atoms with Gasteiger partial charge < -0.3 is 31.8 Å². The minimum atomic E-state index is -1.21. The molecule has 0 aliphatic heterocycles. The summed E-state index contributed by atoms with van der Waals surface area (Å²) >= 11 is 0. The highest BCUT2D eigenvalue weighted by atomic mass is 16.4. The number of aromatic nitrogens is 2. The third kappa shape index (κ3) is 7.35. The number of nitrogens with one attached hydrogen (secondary N) is 4. The first-order valence-corrected chi connectivity index (χ1v) is 8.98. The van der Waals surface area contributed by atoms with E-state index in [1.54, 1.807) is 0 Å². The maximum atomic E-state index is 12.0. The van der Waals surface area contributed by atoms with Gasteiger partial charge in [0.1, 0.15) is 12.1 Å². The molecule has 11 heteroatoms. The van der Waals surface area contributed by atoms with Crippen molar-refractivity contribution in [1.29, 1.82) is 0 Å². The zero-order valence-electron chi connectivity index (χ0n) is 16.2. The van der Waals surface area contributed by atoms with Crippen molar-refractivity contribution in [3.63, 3.8) is 0 Å². The van der Waals surface area contributed by atoms with E-state index in [1.165, 1.54) is 19.4 Å². The summed E-state index contributed by atoms with van der Waals surface area (Å²) in [5.74, 6) is -2.96. The van der Waals surface area contributed by atoms with Gasteiger partial charge in [0.15, 0.2) is 0 Å². The molecule has 4 atom stereocenters. The molecular formula is C17H28N6O5. The average Bonchev–Trinajstić information content (AvgIpc) is 3.17. The van der Waals surface area contributed by atoms with E-state index in [1.807, 2.05) is 13.8 Å². The average molecular weight is 396 g/mol. The Morgan fingerprint density at radius 1 is 1.21 bits per heavy atom. The van der Waals surface area contributed by atoms with E-state index < -0.39 is 48.4 Å². The summed E-state index contributed by atoms with van der Waals surface area (Å²) in [7, 11) is 0. The molecule has 0 fully saturated rings. The van der Waals surface area contributed by atoms with Gasteiger partial charge in [0.25, 0.3) is 0 Å². The van der Waals surface area contributed by atoms with Crippen molar-refractivity contribution in [3.8, 4) is 0 Å². The number of hydrogen-bond donors (Lipinski definition) is 6. The Hall–Kier alpha value is -2.95. The summed E-state index contributed by atoms with van der Waals surface area (Å²) in [6.07, 6.45) is 3.60. The fraction of sp³-hybridized carbons (Fsp3) is 0.588. The van der Waals surface area contributed by atoms with Crippen LogP contribution in [0, 0.1) is 5.92 Å². The summed E-state index contributed by atoms with van der Waals surface area (Å²) in [6.45, 7) is 4.78. The van der Waals surface area contributed by atoms with Crippen LogP contribution in [0.4, 0.5) is 0 Å². The molecule has 0 radical (unpaired) electrons. The molecule has 0 aliphatic carbocycles. The van der Waals surface area contributed by atoms with Gasteiger partial charge in [-0.05, 0) is 12.8 Å². The minimum Gasteiger partial charge on any atom is -0.480 e. The summed E-state index contributed by atoms with van der Waals surface area (Å²) in [4.78, 5) is 53.8. The summed E-state index contributed by atoms with van der Waals surface area (Å²) in [5, 5.41) is 16.4. The molecule has 0 saturated heterocycles. The lowest BCUT2D eigenvalue weighted by Gasteiger charge is -2.21. The molecule has 28 heavy (non-hydrogen) atoms. The molecule has 156 valence electrons. The predicted octanol–water partition coefficient (Wildman–Crippen LogP) is -1.48. The van der Waals surface area contributed by atoms with E-state index in [4.69, 9.17) is 5.73 Å². The molecule has 11 nitrogen and oxygen atoms in total. The van der Waals surface area contributed by atoms with Crippen molar-refractivity contribution in [3.05, 3.63) is 18.2 Å². The van der Waals surface area contributed by atoms with Crippen LogP contribution in [0.2, 0.25) is 0 Å². The van der Waals surface area contributed by atoms with Crippen LogP contribution in [0.3, 0.4) is 0 Å². The molecule has 0 saturated carbocycles. The number of aromatic amines is 1. The Labute approximate surface area is 162 Å². The lowest BCUT2D eigenvalue weighted by molar-refractivity contribution is -0.141. The van der Waals surface area contributed by atoms with Crippen LogP contribution in [0.25, 0.3) is 0 Å². The van der Waals surface area contributed by atoms with Crippen molar-refractivity contribution in [2.24, 2.45) is 11.7 Å². The van der Waals surface area contributed by atoms with Crippen LogP contribution in [-0.4, -0.2) is 63.4 Å². The number of carboxylic acid groups (broad SMARTS) is 1. The molecule has 3 amide bonds. The second-order valence-corrected chi connectivity index (χ2v) is 6.60. The fourth-order valence-electron chi connectivity index (χ4n) is 2.27. The smallest absolute Gasteiger partial charge is 0.326 e. The highest BCUT2D eigenvalue weighted by Gasteiger charge is 2.24. The maximum Gasteiger partial charge on any atom is 0.326 e. The van der Waals surface area contributed by atoms with Gasteiger partial charge in [0.05, 0.1) is 18.9 Å². The van der Waals surface area contributed by atoms with Gasteiger partial charge in [0.2, 0.25) is 17.7 Å². The van der Waals surface area contributed by atoms with Gasteiger partial charge in [-0.2, -0.15) is 0 Å². The Morgan fingerprint density at radius 3 is 2.43 bits per heavy atom. The molecule has 0 bridgehead atoms. The zero-order valence-corrected chi connectivity index (χ0v) is 16.2. The molecule has 1 heterocycles. The number of nitrogens with two attached hydrogens (primary N) is 1. The molecule has 1 aromatic heterocycles. The molecule has 0 spiro atoms. The third-order valence-corrected chi connectivity index (χ3v) is 4.35. The van der Waals surface area contributed by atoms with Crippen LogP contribution >= 0.6 is 0 Å². The topological polar surface area (TPSA) is 179 Å². The summed E-state index contributed by atoms with van der Waals surface area (Å²) in [5.41, 5.74) is 6.36. The number of carbonyl (C=O) groups is 4. The number of aliphatic carboxylic acids is 1. The number of nitrogens with zero attached hydrogens (tertiary/aromatic N) is 1. The van der Waals surface area contributed by atoms with Gasteiger partial charge in [0, 0.05) is 18.3 Å². The summed E-state index contributed by atoms with van der Waals surface area (Å²) < 4.78 is 0. The minimum absolute atomic E-state index is 0.0228. The monoisotopic (exact) mass is 396 g/mol. The molecular weight excluding hydrogens is 368 g/mol. The first-order chi connectivity index (χ1) is 13.1. The maximum absolute atomic E-state index is 12.0. The number of carboxylic acids is 1. The van der Waals surface area contributed by atoms with Crippen molar-refractivity contribution in [1.82, 2.24) is 25.9 Å². The van der Waals surface area contributed by atoms with Crippen LogP contribution in [0.5, 0.6) is 0 Å². The van der Waals surface area contributed by atoms with Crippen LogP contribution in [0.1, 0.15) is 32.9 Å².